The van der Waals surface area contributed by atoms with Crippen molar-refractivity contribution in [2.24, 2.45) is 0 Å². The summed E-state index contributed by atoms with van der Waals surface area (Å²) in [5.74, 6) is 1.33. The van der Waals surface area contributed by atoms with Gasteiger partial charge in [-0.3, -0.25) is 4.90 Å². The zero-order chi connectivity index (χ0) is 32.2. The van der Waals surface area contributed by atoms with Crippen LogP contribution in [0.15, 0.2) is 48.0 Å². The highest BCUT2D eigenvalue weighted by atomic mass is 28.3. The SMILES string of the molecule is CC(C(COCC[Si](C)(C)C)=C(O)c1ccc(OCCN2CCCCC2)cc1)c1ccc(OCOCC[Si](C)(C)C)cc1O. The molecule has 1 atom stereocenters. The Labute approximate surface area is 268 Å². The smallest absolute Gasteiger partial charge is 0.189 e. The van der Waals surface area contributed by atoms with Crippen molar-refractivity contribution in [1.82, 2.24) is 4.90 Å². The lowest BCUT2D eigenvalue weighted by atomic mass is 9.90. The fraction of sp³-hybridized carbons (Fsp3) is 0.600. The molecule has 3 rings (SSSR count). The second-order valence-corrected chi connectivity index (χ2v) is 25.7. The molecule has 0 aliphatic carbocycles. The molecule has 0 saturated carbocycles. The Kier molecular flexibility index (Phi) is 14.3. The number of likely N-dealkylation sites (tertiary alicyclic amines) is 1. The molecule has 2 aromatic carbocycles. The van der Waals surface area contributed by atoms with Crippen molar-refractivity contribution in [3.8, 4) is 17.2 Å². The molecule has 0 aromatic heterocycles. The zero-order valence-electron chi connectivity index (χ0n) is 28.3. The van der Waals surface area contributed by atoms with Crippen LogP contribution in [0.1, 0.15) is 43.2 Å². The van der Waals surface area contributed by atoms with Crippen molar-refractivity contribution < 1.29 is 29.2 Å². The van der Waals surface area contributed by atoms with Gasteiger partial charge in [-0.1, -0.05) is 58.7 Å². The third-order valence-electron chi connectivity index (χ3n) is 8.11. The normalized spacial score (nSPS) is 16.0. The van der Waals surface area contributed by atoms with Crippen LogP contribution in [0.4, 0.5) is 0 Å². The lowest BCUT2D eigenvalue weighted by Gasteiger charge is -2.26. The molecule has 1 aliphatic heterocycles. The Hall–Kier alpha value is -2.31. The van der Waals surface area contributed by atoms with Crippen LogP contribution in [0.25, 0.3) is 5.76 Å². The first kappa shape index (κ1) is 36.2. The molecule has 0 spiro atoms. The Morgan fingerprint density at radius 3 is 2.02 bits per heavy atom. The van der Waals surface area contributed by atoms with E-state index in [1.54, 1.807) is 6.07 Å². The molecule has 0 amide bonds. The van der Waals surface area contributed by atoms with E-state index >= 15 is 0 Å². The summed E-state index contributed by atoms with van der Waals surface area (Å²) in [6.45, 7) is 21.5. The first-order valence-corrected chi connectivity index (χ1v) is 23.7. The fourth-order valence-corrected chi connectivity index (χ4v) is 6.56. The third-order valence-corrected chi connectivity index (χ3v) is 11.5. The molecule has 1 fully saturated rings. The van der Waals surface area contributed by atoms with E-state index in [2.05, 4.69) is 44.2 Å². The number of phenols is 1. The van der Waals surface area contributed by atoms with Gasteiger partial charge in [0.05, 0.1) is 6.61 Å². The molecule has 1 heterocycles. The molecule has 0 radical (unpaired) electrons. The number of phenolic OH excluding ortho intramolecular Hbond substituents is 1. The van der Waals surface area contributed by atoms with Crippen molar-refractivity contribution in [2.45, 2.75) is 83.5 Å². The third kappa shape index (κ3) is 13.0. The molecule has 1 aliphatic rings. The second kappa shape index (κ2) is 17.4. The lowest BCUT2D eigenvalue weighted by molar-refractivity contribution is 0.0219. The number of benzene rings is 2. The maximum Gasteiger partial charge on any atom is 0.189 e. The summed E-state index contributed by atoms with van der Waals surface area (Å²) in [7, 11) is -2.42. The summed E-state index contributed by atoms with van der Waals surface area (Å²) < 4.78 is 23.5. The van der Waals surface area contributed by atoms with Crippen LogP contribution in [0.2, 0.25) is 51.4 Å². The van der Waals surface area contributed by atoms with Crippen LogP contribution in [0, 0.1) is 0 Å². The number of piperidine rings is 1. The summed E-state index contributed by atoms with van der Waals surface area (Å²) >= 11 is 0. The summed E-state index contributed by atoms with van der Waals surface area (Å²) in [6, 6.07) is 15.0. The maximum absolute atomic E-state index is 11.5. The van der Waals surface area contributed by atoms with Gasteiger partial charge in [-0.05, 0) is 68.4 Å². The quantitative estimate of drug-likeness (QED) is 0.0731. The van der Waals surface area contributed by atoms with Crippen molar-refractivity contribution in [3.05, 3.63) is 59.2 Å². The van der Waals surface area contributed by atoms with Crippen molar-refractivity contribution in [2.75, 3.05) is 52.9 Å². The monoisotopic (exact) mass is 643 g/mol. The molecule has 1 unspecified atom stereocenters. The minimum absolute atomic E-state index is 0.113. The van der Waals surface area contributed by atoms with Crippen LogP contribution in [-0.2, 0) is 9.47 Å². The van der Waals surface area contributed by atoms with Gasteiger partial charge in [-0.2, -0.15) is 0 Å². The van der Waals surface area contributed by atoms with Gasteiger partial charge in [0, 0.05) is 64.6 Å². The Morgan fingerprint density at radius 2 is 1.41 bits per heavy atom. The van der Waals surface area contributed by atoms with E-state index < -0.39 is 16.1 Å². The zero-order valence-corrected chi connectivity index (χ0v) is 30.3. The standard InChI is InChI=1S/C35H57NO6Si2/c1-28(32-16-15-31(25-34(32)37)42-27-40-22-24-44(5,6)7)33(26-39-21-23-43(2,3)4)35(38)29-11-13-30(14-12-29)41-20-19-36-17-9-8-10-18-36/h11-16,25,28,37-38H,8-10,17-24,26-27H2,1-7H3. The summed E-state index contributed by atoms with van der Waals surface area (Å²) in [5.41, 5.74) is 2.11. The Morgan fingerprint density at radius 1 is 0.795 bits per heavy atom. The molecule has 1 saturated heterocycles. The lowest BCUT2D eigenvalue weighted by Crippen LogP contribution is -2.33. The predicted molar refractivity (Wildman–Crippen MR) is 187 cm³/mol. The van der Waals surface area contributed by atoms with Crippen LogP contribution in [0.3, 0.4) is 0 Å². The number of ether oxygens (including phenoxy) is 4. The molecule has 9 heteroatoms. The van der Waals surface area contributed by atoms with Crippen molar-refractivity contribution in [3.63, 3.8) is 0 Å². The molecular weight excluding hydrogens is 587 g/mol. The van der Waals surface area contributed by atoms with Crippen LogP contribution in [0.5, 0.6) is 17.2 Å². The maximum atomic E-state index is 11.5. The summed E-state index contributed by atoms with van der Waals surface area (Å²) in [5, 5.41) is 22.5. The van der Waals surface area contributed by atoms with Crippen LogP contribution < -0.4 is 9.47 Å². The van der Waals surface area contributed by atoms with Crippen molar-refractivity contribution in [1.29, 1.82) is 0 Å². The van der Waals surface area contributed by atoms with E-state index in [0.717, 1.165) is 43.0 Å². The molecule has 44 heavy (non-hydrogen) atoms. The summed E-state index contributed by atoms with van der Waals surface area (Å²) in [4.78, 5) is 2.46. The van der Waals surface area contributed by atoms with Gasteiger partial charge < -0.3 is 29.2 Å². The summed E-state index contributed by atoms with van der Waals surface area (Å²) in [6.07, 6.45) is 3.87. The number of rotatable bonds is 18. The van der Waals surface area contributed by atoms with E-state index in [4.69, 9.17) is 18.9 Å². The first-order chi connectivity index (χ1) is 20.8. The first-order valence-electron chi connectivity index (χ1n) is 16.3. The van der Waals surface area contributed by atoms with E-state index in [0.29, 0.717) is 36.7 Å². The van der Waals surface area contributed by atoms with E-state index in [1.165, 1.54) is 19.3 Å². The van der Waals surface area contributed by atoms with Crippen LogP contribution in [-0.4, -0.2) is 84.1 Å². The van der Waals surface area contributed by atoms with E-state index in [1.807, 2.05) is 43.3 Å². The Bertz CT molecular complexity index is 1170. The number of aromatic hydroxyl groups is 1. The van der Waals surface area contributed by atoms with Gasteiger partial charge in [0.2, 0.25) is 0 Å². The highest BCUT2D eigenvalue weighted by Crippen LogP contribution is 2.37. The molecule has 0 bridgehead atoms. The number of aliphatic hydroxyl groups excluding tert-OH is 1. The minimum Gasteiger partial charge on any atom is -0.508 e. The number of aliphatic hydroxyl groups is 1. The molecular formula is C35H57NO6Si2. The van der Waals surface area contributed by atoms with Gasteiger partial charge in [0.15, 0.2) is 6.79 Å². The largest absolute Gasteiger partial charge is 0.508 e. The molecule has 2 aromatic rings. The highest BCUT2D eigenvalue weighted by Gasteiger charge is 2.22. The highest BCUT2D eigenvalue weighted by molar-refractivity contribution is 6.76. The molecule has 7 nitrogen and oxygen atoms in total. The van der Waals surface area contributed by atoms with Gasteiger partial charge in [0.1, 0.15) is 29.6 Å². The van der Waals surface area contributed by atoms with Gasteiger partial charge in [-0.25, -0.2) is 0 Å². The van der Waals surface area contributed by atoms with Gasteiger partial charge in [0.25, 0.3) is 0 Å². The van der Waals surface area contributed by atoms with E-state index in [9.17, 15) is 10.2 Å². The molecule has 2 N–H and O–H groups in total. The molecule has 246 valence electrons. The van der Waals surface area contributed by atoms with Gasteiger partial charge in [-0.15, -0.1) is 0 Å². The predicted octanol–water partition coefficient (Wildman–Crippen LogP) is 8.38. The number of hydrogen-bond acceptors (Lipinski definition) is 7. The second-order valence-electron chi connectivity index (χ2n) is 14.4. The van der Waals surface area contributed by atoms with Gasteiger partial charge >= 0.3 is 0 Å². The topological polar surface area (TPSA) is 80.6 Å². The number of hydrogen-bond donors (Lipinski definition) is 2. The average Bonchev–Trinajstić information content (AvgIpc) is 2.96. The van der Waals surface area contributed by atoms with E-state index in [-0.39, 0.29) is 30.8 Å². The minimum atomic E-state index is -1.26. The van der Waals surface area contributed by atoms with Crippen molar-refractivity contribution >= 4 is 21.9 Å². The average molecular weight is 644 g/mol. The number of nitrogens with zero attached hydrogens (tertiary/aromatic N) is 1. The van der Waals surface area contributed by atoms with Crippen LogP contribution >= 0.6 is 0 Å². The Balaban J connectivity index is 1.69. The fourth-order valence-electron chi connectivity index (χ4n) is 5.04.